The summed E-state index contributed by atoms with van der Waals surface area (Å²) in [7, 11) is 2.01. The number of aryl methyl sites for hydroxylation is 1. The van der Waals surface area contributed by atoms with Gasteiger partial charge in [-0.3, -0.25) is 14.3 Å². The first-order valence-electron chi connectivity index (χ1n) is 10.3. The van der Waals surface area contributed by atoms with Gasteiger partial charge >= 0.3 is 0 Å². The van der Waals surface area contributed by atoms with Crippen molar-refractivity contribution in [2.45, 2.75) is 63.0 Å². The molecular weight excluding hydrogens is 372 g/mol. The van der Waals surface area contributed by atoms with Crippen molar-refractivity contribution in [3.8, 4) is 11.4 Å². The van der Waals surface area contributed by atoms with Crippen molar-refractivity contribution in [2.24, 2.45) is 7.05 Å². The smallest absolute Gasteiger partial charge is 0.195 e. The van der Waals surface area contributed by atoms with Crippen LogP contribution >= 0.6 is 12.2 Å². The summed E-state index contributed by atoms with van der Waals surface area (Å²) >= 11 is 5.58. The lowest BCUT2D eigenvalue weighted by molar-refractivity contribution is 0.0970. The number of H-pyrrole nitrogens is 1. The first kappa shape index (κ1) is 16.9. The number of aromatic amines is 1. The van der Waals surface area contributed by atoms with Crippen LogP contribution in [0, 0.1) is 4.77 Å². The van der Waals surface area contributed by atoms with E-state index in [-0.39, 0.29) is 6.10 Å². The van der Waals surface area contributed by atoms with E-state index in [1.807, 2.05) is 11.7 Å². The monoisotopic (exact) mass is 396 g/mol. The van der Waals surface area contributed by atoms with Crippen LogP contribution in [-0.2, 0) is 18.3 Å². The first-order chi connectivity index (χ1) is 13.7. The number of fused-ring (bicyclic) bond motifs is 1. The van der Waals surface area contributed by atoms with Crippen molar-refractivity contribution in [1.82, 2.24) is 29.5 Å². The zero-order valence-electron chi connectivity index (χ0n) is 16.0. The molecule has 0 unspecified atom stereocenters. The summed E-state index contributed by atoms with van der Waals surface area (Å²) in [5.74, 6) is 2.00. The average molecular weight is 397 g/mol. The largest absolute Gasteiger partial charge is 0.376 e. The van der Waals surface area contributed by atoms with E-state index in [0.29, 0.717) is 16.6 Å². The van der Waals surface area contributed by atoms with E-state index in [4.69, 9.17) is 27.0 Å². The number of nitrogens with zero attached hydrogens (tertiary/aromatic N) is 5. The van der Waals surface area contributed by atoms with Crippen molar-refractivity contribution in [2.75, 3.05) is 6.61 Å². The Bertz CT molecular complexity index is 1110. The Morgan fingerprint density at radius 3 is 2.75 bits per heavy atom. The van der Waals surface area contributed by atoms with Gasteiger partial charge in [-0.25, -0.2) is 4.98 Å². The molecule has 2 saturated carbocycles. The fraction of sp³-hybridized carbons (Fsp3) is 0.600. The molecule has 146 valence electrons. The minimum atomic E-state index is 0.208. The lowest BCUT2D eigenvalue weighted by Gasteiger charge is -2.14. The summed E-state index contributed by atoms with van der Waals surface area (Å²) < 4.78 is 10.6. The van der Waals surface area contributed by atoms with Crippen LogP contribution in [0.5, 0.6) is 0 Å². The molecule has 7 nitrogen and oxygen atoms in total. The number of nitrogens with one attached hydrogen (secondary N) is 1. The van der Waals surface area contributed by atoms with Gasteiger partial charge in [-0.05, 0) is 56.8 Å². The number of aromatic nitrogens is 6. The minimum Gasteiger partial charge on any atom is -0.376 e. The molecule has 0 amide bonds. The maximum Gasteiger partial charge on any atom is 0.195 e. The van der Waals surface area contributed by atoms with E-state index in [1.54, 1.807) is 0 Å². The van der Waals surface area contributed by atoms with Gasteiger partial charge < -0.3 is 4.74 Å². The second kappa shape index (κ2) is 6.22. The predicted octanol–water partition coefficient (Wildman–Crippen LogP) is 3.82. The van der Waals surface area contributed by atoms with Crippen LogP contribution in [0.1, 0.15) is 61.7 Å². The fourth-order valence-electron chi connectivity index (χ4n) is 4.39. The number of rotatable bonds is 5. The van der Waals surface area contributed by atoms with Crippen LogP contribution in [0.15, 0.2) is 6.07 Å². The molecule has 0 bridgehead atoms. The Labute approximate surface area is 168 Å². The third-order valence-electron chi connectivity index (χ3n) is 6.21. The average Bonchev–Trinajstić information content (AvgIpc) is 3.61. The zero-order chi connectivity index (χ0) is 18.8. The molecule has 0 spiro atoms. The Balaban J connectivity index is 1.56. The van der Waals surface area contributed by atoms with Gasteiger partial charge in [0.2, 0.25) is 0 Å². The van der Waals surface area contributed by atoms with Crippen LogP contribution in [0.4, 0.5) is 0 Å². The van der Waals surface area contributed by atoms with Gasteiger partial charge in [0.15, 0.2) is 16.2 Å². The van der Waals surface area contributed by atoms with E-state index in [0.717, 1.165) is 54.1 Å². The van der Waals surface area contributed by atoms with Gasteiger partial charge in [0.05, 0.1) is 23.7 Å². The van der Waals surface area contributed by atoms with E-state index in [2.05, 4.69) is 20.8 Å². The zero-order valence-corrected chi connectivity index (χ0v) is 16.8. The van der Waals surface area contributed by atoms with Gasteiger partial charge in [-0.2, -0.15) is 10.2 Å². The van der Waals surface area contributed by atoms with Crippen LogP contribution in [0.25, 0.3) is 22.4 Å². The highest BCUT2D eigenvalue weighted by atomic mass is 32.1. The maximum absolute atomic E-state index is 5.87. The molecule has 0 radical (unpaired) electrons. The molecule has 0 aromatic carbocycles. The molecule has 3 aromatic rings. The van der Waals surface area contributed by atoms with Crippen LogP contribution in [0.2, 0.25) is 0 Å². The van der Waals surface area contributed by atoms with Gasteiger partial charge in [0.1, 0.15) is 0 Å². The first-order valence-corrected chi connectivity index (χ1v) is 10.7. The number of hydrogen-bond acceptors (Lipinski definition) is 5. The Hall–Kier alpha value is -2.06. The molecule has 1 N–H and O–H groups in total. The van der Waals surface area contributed by atoms with Crippen molar-refractivity contribution >= 4 is 23.3 Å². The van der Waals surface area contributed by atoms with Gasteiger partial charge in [0, 0.05) is 36.7 Å². The molecule has 6 rings (SSSR count). The Kier molecular flexibility index (Phi) is 3.74. The summed E-state index contributed by atoms with van der Waals surface area (Å²) in [5.41, 5.74) is 4.41. The highest BCUT2D eigenvalue weighted by molar-refractivity contribution is 7.71. The molecule has 2 aliphatic carbocycles. The van der Waals surface area contributed by atoms with Crippen molar-refractivity contribution in [1.29, 1.82) is 0 Å². The van der Waals surface area contributed by atoms with Gasteiger partial charge in [-0.15, -0.1) is 0 Å². The van der Waals surface area contributed by atoms with Crippen LogP contribution < -0.4 is 0 Å². The standard InChI is InChI=1S/C20H24N6OS/c1-25-19-16(17(24-25)12-6-7-12)14(9-15(21-19)11-4-5-11)18-22-23-20(28)26(18)10-13-3-2-8-27-13/h9,11-13H,2-8,10H2,1H3,(H,23,28)/t13-/m0/s1. The molecule has 1 saturated heterocycles. The van der Waals surface area contributed by atoms with Crippen molar-refractivity contribution in [3.63, 3.8) is 0 Å². The van der Waals surface area contributed by atoms with E-state index in [1.165, 1.54) is 31.4 Å². The fourth-order valence-corrected chi connectivity index (χ4v) is 4.60. The third-order valence-corrected chi connectivity index (χ3v) is 6.52. The van der Waals surface area contributed by atoms with Crippen LogP contribution in [-0.4, -0.2) is 42.2 Å². The SMILES string of the molecule is Cn1nc(C2CC2)c2c(-c3n[nH]c(=S)n3C[C@@H]3CCCO3)cc(C3CC3)nc21. The van der Waals surface area contributed by atoms with Gasteiger partial charge in [-0.1, -0.05) is 0 Å². The maximum atomic E-state index is 5.87. The van der Waals surface area contributed by atoms with E-state index in [9.17, 15) is 0 Å². The minimum absolute atomic E-state index is 0.208. The second-order valence-electron chi connectivity index (χ2n) is 8.45. The number of pyridine rings is 1. The molecule has 3 aliphatic rings. The Morgan fingerprint density at radius 1 is 1.21 bits per heavy atom. The molecule has 1 aliphatic heterocycles. The predicted molar refractivity (Wildman–Crippen MR) is 108 cm³/mol. The lowest BCUT2D eigenvalue weighted by Crippen LogP contribution is -2.16. The lowest BCUT2D eigenvalue weighted by atomic mass is 10.0. The quantitative estimate of drug-likeness (QED) is 0.664. The molecule has 8 heteroatoms. The van der Waals surface area contributed by atoms with Gasteiger partial charge in [0.25, 0.3) is 0 Å². The summed E-state index contributed by atoms with van der Waals surface area (Å²) in [5, 5.41) is 13.7. The number of hydrogen-bond donors (Lipinski definition) is 1. The van der Waals surface area contributed by atoms with Crippen molar-refractivity contribution in [3.05, 3.63) is 22.2 Å². The summed E-state index contributed by atoms with van der Waals surface area (Å²) in [6, 6.07) is 2.24. The number of ether oxygens (including phenoxy) is 1. The molecule has 3 aromatic heterocycles. The summed E-state index contributed by atoms with van der Waals surface area (Å²) in [6.07, 6.45) is 7.25. The van der Waals surface area contributed by atoms with Crippen LogP contribution in [0.3, 0.4) is 0 Å². The normalized spacial score (nSPS) is 22.4. The summed E-state index contributed by atoms with van der Waals surface area (Å²) in [4.78, 5) is 5.00. The molecule has 4 heterocycles. The van der Waals surface area contributed by atoms with E-state index >= 15 is 0 Å². The van der Waals surface area contributed by atoms with E-state index < -0.39 is 0 Å². The second-order valence-corrected chi connectivity index (χ2v) is 8.84. The highest BCUT2D eigenvalue weighted by Crippen LogP contribution is 2.46. The van der Waals surface area contributed by atoms with Crippen molar-refractivity contribution < 1.29 is 4.74 Å². The topological polar surface area (TPSA) is 73.5 Å². The highest BCUT2D eigenvalue weighted by Gasteiger charge is 2.34. The molecule has 1 atom stereocenters. The Morgan fingerprint density at radius 2 is 2.04 bits per heavy atom. The third kappa shape index (κ3) is 2.73. The summed E-state index contributed by atoms with van der Waals surface area (Å²) in [6.45, 7) is 1.58. The molecule has 3 fully saturated rings. The molecule has 28 heavy (non-hydrogen) atoms. The molecular formula is C20H24N6OS.